The second-order valence-corrected chi connectivity index (χ2v) is 11.3. The molecule has 206 valence electrons. The van der Waals surface area contributed by atoms with Crippen LogP contribution in [-0.4, -0.2) is 26.5 Å². The summed E-state index contributed by atoms with van der Waals surface area (Å²) in [5, 5.41) is 8.43. The van der Waals surface area contributed by atoms with Gasteiger partial charge in [0.05, 0.1) is 22.9 Å². The Kier molecular flexibility index (Phi) is 8.96. The lowest BCUT2D eigenvalue weighted by molar-refractivity contribution is -0.132. The molecule has 0 saturated heterocycles. The highest BCUT2D eigenvalue weighted by atomic mass is 32.2. The van der Waals surface area contributed by atoms with E-state index in [1.807, 2.05) is 73.7 Å². The molecule has 0 aliphatic carbocycles. The third kappa shape index (κ3) is 8.00. The van der Waals surface area contributed by atoms with Crippen molar-refractivity contribution in [3.63, 3.8) is 0 Å². The smallest absolute Gasteiger partial charge is 0.277 e. The Morgan fingerprint density at radius 3 is 1.98 bits per heavy atom. The average molecular weight is 558 g/mol. The maximum Gasteiger partial charge on any atom is 0.277 e. The first kappa shape index (κ1) is 28.5. The lowest BCUT2D eigenvalue weighted by Crippen LogP contribution is -2.48. The number of amides is 1. The average Bonchev–Trinajstić information content (AvgIpc) is 2.94. The van der Waals surface area contributed by atoms with Gasteiger partial charge in [-0.15, -0.1) is 0 Å². The predicted octanol–water partition coefficient (Wildman–Crippen LogP) is 6.69. The summed E-state index contributed by atoms with van der Waals surface area (Å²) in [6, 6.07) is 30.4. The molecule has 1 N–H and O–H groups in total. The van der Waals surface area contributed by atoms with Crippen LogP contribution in [0.3, 0.4) is 0 Å². The largest absolute Gasteiger partial charge is 0.493 e. The number of nitrogens with one attached hydrogen (secondary N) is 1. The van der Waals surface area contributed by atoms with Gasteiger partial charge in [0.1, 0.15) is 11.5 Å². The molecular weight excluding hydrogens is 526 g/mol. The van der Waals surface area contributed by atoms with Crippen LogP contribution in [0.1, 0.15) is 25.0 Å². The van der Waals surface area contributed by atoms with E-state index in [0.717, 1.165) is 28.3 Å². The van der Waals surface area contributed by atoms with Crippen LogP contribution >= 0.6 is 0 Å². The number of nitrogens with zero attached hydrogens (tertiary/aromatic N) is 2. The van der Waals surface area contributed by atoms with Crippen LogP contribution in [0.4, 0.5) is 11.4 Å². The summed E-state index contributed by atoms with van der Waals surface area (Å²) >= 11 is 0. The molecule has 0 saturated carbocycles. The number of rotatable bonds is 11. The molecule has 4 rings (SSSR count). The molecule has 8 nitrogen and oxygen atoms in total. The van der Waals surface area contributed by atoms with E-state index in [-0.39, 0.29) is 4.90 Å². The Labute approximate surface area is 234 Å². The number of benzene rings is 4. The number of azo groups is 1. The van der Waals surface area contributed by atoms with E-state index in [2.05, 4.69) is 15.0 Å². The van der Waals surface area contributed by atoms with Gasteiger partial charge in [-0.1, -0.05) is 48.0 Å². The van der Waals surface area contributed by atoms with E-state index in [0.29, 0.717) is 18.8 Å². The zero-order chi connectivity index (χ0) is 28.6. The summed E-state index contributed by atoms with van der Waals surface area (Å²) < 4.78 is 39.0. The molecule has 9 heteroatoms. The van der Waals surface area contributed by atoms with Crippen LogP contribution in [0, 0.1) is 6.92 Å². The van der Waals surface area contributed by atoms with Gasteiger partial charge < -0.3 is 9.47 Å². The Hall–Kier alpha value is -4.50. The highest BCUT2D eigenvalue weighted by Crippen LogP contribution is 2.23. The summed E-state index contributed by atoms with van der Waals surface area (Å²) in [6.07, 6.45) is 0.661. The molecule has 0 heterocycles. The first-order valence-electron chi connectivity index (χ1n) is 12.7. The molecule has 0 unspecified atom stereocenters. The maximum absolute atomic E-state index is 12.7. The molecular formula is C31H31N3O5S. The summed E-state index contributed by atoms with van der Waals surface area (Å²) in [4.78, 5) is 12.8. The minimum absolute atomic E-state index is 0.0123. The molecule has 0 atom stereocenters. The van der Waals surface area contributed by atoms with Crippen molar-refractivity contribution >= 4 is 27.3 Å². The molecule has 40 heavy (non-hydrogen) atoms. The molecule has 1 amide bonds. The number of sulfonamides is 1. The minimum Gasteiger partial charge on any atom is -0.493 e. The van der Waals surface area contributed by atoms with Crippen molar-refractivity contribution in [1.82, 2.24) is 4.72 Å². The SMILES string of the molecule is Cc1ccc(S(=O)(=O)NC(=O)C(C)(C)Oc2ccc(CCOc3ccc(N=Nc4ccccc4)cc3)cc2)cc1. The maximum atomic E-state index is 12.7. The number of aryl methyl sites for hydroxylation is 1. The van der Waals surface area contributed by atoms with E-state index in [1.165, 1.54) is 26.0 Å². The highest BCUT2D eigenvalue weighted by Gasteiger charge is 2.33. The first-order valence-corrected chi connectivity index (χ1v) is 14.2. The van der Waals surface area contributed by atoms with Gasteiger partial charge in [-0.3, -0.25) is 4.79 Å². The third-order valence-electron chi connectivity index (χ3n) is 5.93. The van der Waals surface area contributed by atoms with Crippen molar-refractivity contribution < 1.29 is 22.7 Å². The molecule has 0 aliphatic rings. The molecule has 4 aromatic carbocycles. The molecule has 0 bridgehead atoms. The van der Waals surface area contributed by atoms with Gasteiger partial charge in [0, 0.05) is 6.42 Å². The summed E-state index contributed by atoms with van der Waals surface area (Å²) in [5.74, 6) is 0.405. The number of hydrogen-bond acceptors (Lipinski definition) is 7. The van der Waals surface area contributed by atoms with Crippen molar-refractivity contribution in [2.75, 3.05) is 6.61 Å². The van der Waals surface area contributed by atoms with E-state index in [4.69, 9.17) is 9.47 Å². The first-order chi connectivity index (χ1) is 19.1. The fourth-order valence-corrected chi connectivity index (χ4v) is 4.69. The topological polar surface area (TPSA) is 106 Å². The fourth-order valence-electron chi connectivity index (χ4n) is 3.59. The van der Waals surface area contributed by atoms with Crippen molar-refractivity contribution in [1.29, 1.82) is 0 Å². The minimum atomic E-state index is -4.01. The molecule has 0 radical (unpaired) electrons. The van der Waals surface area contributed by atoms with Crippen LogP contribution in [-0.2, 0) is 21.2 Å². The monoisotopic (exact) mass is 557 g/mol. The van der Waals surface area contributed by atoms with Crippen molar-refractivity contribution in [3.8, 4) is 11.5 Å². The van der Waals surface area contributed by atoms with Gasteiger partial charge in [0.15, 0.2) is 5.60 Å². The van der Waals surface area contributed by atoms with E-state index in [1.54, 1.807) is 24.3 Å². The summed E-state index contributed by atoms with van der Waals surface area (Å²) in [5.41, 5.74) is 2.04. The second kappa shape index (κ2) is 12.6. The quantitative estimate of drug-likeness (QED) is 0.207. The van der Waals surface area contributed by atoms with Crippen molar-refractivity contribution in [2.24, 2.45) is 10.2 Å². The van der Waals surface area contributed by atoms with Crippen LogP contribution in [0.25, 0.3) is 0 Å². The zero-order valence-electron chi connectivity index (χ0n) is 22.6. The Morgan fingerprint density at radius 1 is 0.775 bits per heavy atom. The summed E-state index contributed by atoms with van der Waals surface area (Å²) in [7, 11) is -4.01. The van der Waals surface area contributed by atoms with E-state index < -0.39 is 21.5 Å². The second-order valence-electron chi connectivity index (χ2n) is 9.63. The molecule has 0 aromatic heterocycles. The predicted molar refractivity (Wildman–Crippen MR) is 154 cm³/mol. The van der Waals surface area contributed by atoms with E-state index in [9.17, 15) is 13.2 Å². The Morgan fingerprint density at radius 2 is 1.35 bits per heavy atom. The van der Waals surface area contributed by atoms with Crippen molar-refractivity contribution in [2.45, 2.75) is 37.7 Å². The lowest BCUT2D eigenvalue weighted by atomic mass is 10.1. The molecule has 0 aliphatic heterocycles. The summed E-state index contributed by atoms with van der Waals surface area (Å²) in [6.45, 7) is 5.35. The standard InChI is InChI=1S/C31H31N3O5S/c1-23-9-19-29(20-10-23)40(36,37)34-30(35)31(2,3)39-28-15-11-24(12-16-28)21-22-38-27-17-13-26(14-18-27)33-32-25-7-5-4-6-8-25/h4-20H,21-22H2,1-3H3,(H,34,35). The van der Waals surface area contributed by atoms with Crippen LogP contribution in [0.15, 0.2) is 118 Å². The lowest BCUT2D eigenvalue weighted by Gasteiger charge is -2.25. The van der Waals surface area contributed by atoms with Gasteiger partial charge in [-0.2, -0.15) is 10.2 Å². The van der Waals surface area contributed by atoms with Crippen LogP contribution in [0.2, 0.25) is 0 Å². The van der Waals surface area contributed by atoms with Gasteiger partial charge in [0.25, 0.3) is 15.9 Å². The normalized spacial score (nSPS) is 11.8. The molecule has 4 aromatic rings. The fraction of sp³-hybridized carbons (Fsp3) is 0.194. The Bertz CT molecular complexity index is 1550. The van der Waals surface area contributed by atoms with Gasteiger partial charge >= 0.3 is 0 Å². The number of carbonyl (C=O) groups excluding carboxylic acids is 1. The van der Waals surface area contributed by atoms with Crippen LogP contribution < -0.4 is 14.2 Å². The number of hydrogen-bond donors (Lipinski definition) is 1. The number of ether oxygens (including phenoxy) is 2. The van der Waals surface area contributed by atoms with Gasteiger partial charge in [-0.05, 0) is 87.0 Å². The third-order valence-corrected chi connectivity index (χ3v) is 7.28. The molecule has 0 spiro atoms. The van der Waals surface area contributed by atoms with Gasteiger partial charge in [-0.25, -0.2) is 13.1 Å². The molecule has 0 fully saturated rings. The van der Waals surface area contributed by atoms with E-state index >= 15 is 0 Å². The zero-order valence-corrected chi connectivity index (χ0v) is 23.4. The van der Waals surface area contributed by atoms with Crippen LogP contribution in [0.5, 0.6) is 11.5 Å². The van der Waals surface area contributed by atoms with Crippen molar-refractivity contribution in [3.05, 3.63) is 114 Å². The highest BCUT2D eigenvalue weighted by molar-refractivity contribution is 7.90. The number of carbonyl (C=O) groups is 1. The van der Waals surface area contributed by atoms with Gasteiger partial charge in [0.2, 0.25) is 0 Å². The Balaban J connectivity index is 1.25.